The van der Waals surface area contributed by atoms with Crippen LogP contribution >= 0.6 is 11.6 Å². The van der Waals surface area contributed by atoms with Gasteiger partial charge in [0.05, 0.1) is 50.5 Å². The molecule has 0 bridgehead atoms. The van der Waals surface area contributed by atoms with Crippen LogP contribution in [0.15, 0.2) is 65.6 Å². The topological polar surface area (TPSA) is 172 Å². The minimum atomic E-state index is -4.13. The smallest absolute Gasteiger partial charge is 0.293 e. The molecule has 0 unspecified atom stereocenters. The number of halogens is 9. The molecule has 14 nitrogen and oxygen atoms in total. The van der Waals surface area contributed by atoms with Crippen LogP contribution in [-0.2, 0) is 40.3 Å². The summed E-state index contributed by atoms with van der Waals surface area (Å²) in [6.07, 6.45) is -4.73. The van der Waals surface area contributed by atoms with Gasteiger partial charge < -0.3 is 5.32 Å². The van der Waals surface area contributed by atoms with Crippen molar-refractivity contribution >= 4 is 55.2 Å². The molecule has 2 aliphatic rings. The van der Waals surface area contributed by atoms with Gasteiger partial charge >= 0.3 is 0 Å². The Bertz CT molecular complexity index is 3270. The lowest BCUT2D eigenvalue weighted by Gasteiger charge is -2.24. The van der Waals surface area contributed by atoms with E-state index in [0.717, 1.165) is 23.0 Å². The fourth-order valence-corrected chi connectivity index (χ4v) is 9.26. The summed E-state index contributed by atoms with van der Waals surface area (Å²) < 4.78 is 147. The first-order valence-corrected chi connectivity index (χ1v) is 21.8. The minimum absolute atomic E-state index is 0.0456. The van der Waals surface area contributed by atoms with Gasteiger partial charge in [-0.05, 0) is 67.3 Å². The van der Waals surface area contributed by atoms with Crippen LogP contribution in [-0.4, -0.2) is 66.1 Å². The number of alkyl halides is 6. The predicted octanol–water partition coefficient (Wildman–Crippen LogP) is 7.51. The Balaban J connectivity index is 1.28. The van der Waals surface area contributed by atoms with Crippen LogP contribution in [0.4, 0.5) is 40.9 Å². The molecule has 4 heterocycles. The molecule has 3 aromatic carbocycles. The highest BCUT2D eigenvalue weighted by molar-refractivity contribution is 7.92. The third-order valence-corrected chi connectivity index (χ3v) is 12.0. The van der Waals surface area contributed by atoms with Crippen molar-refractivity contribution in [1.82, 2.24) is 44.4 Å². The molecule has 4 aromatic heterocycles. The molecule has 65 heavy (non-hydrogen) atoms. The second kappa shape index (κ2) is 15.9. The summed E-state index contributed by atoms with van der Waals surface area (Å²) in [5.74, 6) is -9.53. The lowest BCUT2D eigenvalue weighted by atomic mass is 10.0. The fourth-order valence-electron chi connectivity index (χ4n) is 8.52. The highest BCUT2D eigenvalue weighted by atomic mass is 35.5. The maximum absolute atomic E-state index is 15.6. The standard InChI is InChI=1S/C41H31ClF8N10O4S/c1-17-51-8-7-26(52-17)19-3-4-22-27(12-19)54-39(60(40(22)62)29-6-5-25(42)33-35(29)58(15-30(45)46)56-38(33)57-65(2,63)64)28(11-18-9-20(43)13-21(44)10-18)53-31(61)16-59-36-32(34(55-59)37(47)48)23-14-24(23)41(36,49)50/h3-10,12-13,23-24,28,30,37H,11,14-16H2,1-2H3,(H,53,61)(H,56,57)/t23-,24+,28-/m0/s1. The number of nitrogens with one attached hydrogen (secondary N) is 2. The van der Waals surface area contributed by atoms with Gasteiger partial charge in [-0.3, -0.25) is 28.2 Å². The molecular formula is C41H31ClF8N10O4S. The van der Waals surface area contributed by atoms with Gasteiger partial charge in [0.25, 0.3) is 24.3 Å². The van der Waals surface area contributed by atoms with Crippen LogP contribution in [0, 0.1) is 24.5 Å². The van der Waals surface area contributed by atoms with Gasteiger partial charge in [-0.15, -0.1) is 0 Å². The number of fused-ring (bicyclic) bond motifs is 5. The first kappa shape index (κ1) is 43.7. The molecule has 9 rings (SSSR count). The van der Waals surface area contributed by atoms with Crippen LogP contribution in [0.3, 0.4) is 0 Å². The molecular weight excluding hydrogens is 916 g/mol. The van der Waals surface area contributed by atoms with Crippen LogP contribution in [0.2, 0.25) is 5.02 Å². The molecule has 0 spiro atoms. The number of amides is 1. The quantitative estimate of drug-likeness (QED) is 0.111. The van der Waals surface area contributed by atoms with Crippen molar-refractivity contribution in [1.29, 1.82) is 0 Å². The second-order valence-electron chi connectivity index (χ2n) is 15.7. The second-order valence-corrected chi connectivity index (χ2v) is 17.9. The lowest BCUT2D eigenvalue weighted by Crippen LogP contribution is -2.38. The average Bonchev–Trinajstić information content (AvgIpc) is 3.74. The number of carbonyl (C=O) groups is 1. The number of benzene rings is 3. The largest absolute Gasteiger partial charge is 0.344 e. The Morgan fingerprint density at radius 1 is 0.985 bits per heavy atom. The van der Waals surface area contributed by atoms with Crippen molar-refractivity contribution in [2.24, 2.45) is 5.92 Å². The number of hydrogen-bond donors (Lipinski definition) is 2. The van der Waals surface area contributed by atoms with E-state index in [1.54, 1.807) is 13.0 Å². The maximum Gasteiger partial charge on any atom is 0.293 e. The summed E-state index contributed by atoms with van der Waals surface area (Å²) in [5, 5.41) is 9.80. The minimum Gasteiger partial charge on any atom is -0.344 e. The summed E-state index contributed by atoms with van der Waals surface area (Å²) >= 11 is 6.57. The molecule has 1 fully saturated rings. The Morgan fingerprint density at radius 3 is 2.40 bits per heavy atom. The molecule has 0 saturated heterocycles. The van der Waals surface area contributed by atoms with Crippen molar-refractivity contribution in [3.8, 4) is 16.9 Å². The van der Waals surface area contributed by atoms with Crippen molar-refractivity contribution in [2.75, 3.05) is 11.0 Å². The Labute approximate surface area is 366 Å². The zero-order valence-corrected chi connectivity index (χ0v) is 35.1. The highest BCUT2D eigenvalue weighted by Gasteiger charge is 2.67. The normalized spacial score (nSPS) is 16.9. The van der Waals surface area contributed by atoms with Crippen LogP contribution < -0.4 is 15.6 Å². The van der Waals surface area contributed by atoms with Crippen LogP contribution in [0.25, 0.3) is 38.8 Å². The van der Waals surface area contributed by atoms with Gasteiger partial charge in [0.1, 0.15) is 47.8 Å². The maximum atomic E-state index is 15.6. The van der Waals surface area contributed by atoms with Gasteiger partial charge in [0.2, 0.25) is 15.9 Å². The van der Waals surface area contributed by atoms with Gasteiger partial charge in [0, 0.05) is 35.7 Å². The van der Waals surface area contributed by atoms with Gasteiger partial charge in [-0.25, -0.2) is 49.7 Å². The summed E-state index contributed by atoms with van der Waals surface area (Å²) in [6, 6.07) is 9.09. The van der Waals surface area contributed by atoms with E-state index < -0.39 is 112 Å². The summed E-state index contributed by atoms with van der Waals surface area (Å²) in [4.78, 5) is 42.5. The molecule has 24 heteroatoms. The Hall–Kier alpha value is -6.49. The number of sulfonamides is 1. The number of hydrogen-bond acceptors (Lipinski definition) is 9. The van der Waals surface area contributed by atoms with Gasteiger partial charge in [-0.1, -0.05) is 17.7 Å². The van der Waals surface area contributed by atoms with Crippen molar-refractivity contribution < 1.29 is 48.3 Å². The van der Waals surface area contributed by atoms with Crippen molar-refractivity contribution in [2.45, 2.75) is 63.6 Å². The van der Waals surface area contributed by atoms with E-state index in [1.807, 2.05) is 0 Å². The van der Waals surface area contributed by atoms with E-state index in [1.165, 1.54) is 36.5 Å². The molecule has 1 saturated carbocycles. The van der Waals surface area contributed by atoms with E-state index in [9.17, 15) is 39.6 Å². The van der Waals surface area contributed by atoms with Crippen molar-refractivity contribution in [3.63, 3.8) is 0 Å². The van der Waals surface area contributed by atoms with Gasteiger partial charge in [0.15, 0.2) is 5.82 Å². The van der Waals surface area contributed by atoms with Crippen LogP contribution in [0.1, 0.15) is 59.0 Å². The Kier molecular flexibility index (Phi) is 10.7. The monoisotopic (exact) mass is 946 g/mol. The number of aromatic nitrogens is 8. The highest BCUT2D eigenvalue weighted by Crippen LogP contribution is 2.68. The molecule has 2 aliphatic carbocycles. The number of anilines is 1. The third-order valence-electron chi connectivity index (χ3n) is 11.1. The fraction of sp³-hybridized carbons (Fsp3) is 0.293. The molecule has 0 aliphatic heterocycles. The summed E-state index contributed by atoms with van der Waals surface area (Å²) in [6.45, 7) is -0.591. The SMILES string of the molecule is Cc1nccc(-c2ccc3c(=O)n(-c4ccc(Cl)c5c(NS(C)(=O)=O)nn(CC(F)F)c45)c([C@H](Cc4cc(F)cc(F)c4)NC(=O)Cn4nc(C(F)F)c5c4C(F)(F)[C@@H]4C[C@H]54)nc3c2)n1. The number of rotatable bonds is 13. The number of nitrogens with zero attached hydrogens (tertiary/aromatic N) is 8. The third kappa shape index (κ3) is 8.03. The lowest BCUT2D eigenvalue weighted by molar-refractivity contribution is -0.123. The Morgan fingerprint density at radius 2 is 1.72 bits per heavy atom. The average molecular weight is 947 g/mol. The summed E-state index contributed by atoms with van der Waals surface area (Å²) in [7, 11) is -4.13. The number of carbonyl (C=O) groups excluding carboxylic acids is 1. The summed E-state index contributed by atoms with van der Waals surface area (Å²) in [5.41, 5.74) is -2.98. The zero-order valence-electron chi connectivity index (χ0n) is 33.5. The number of aryl methyl sites for hydroxylation is 1. The van der Waals surface area contributed by atoms with E-state index in [-0.39, 0.29) is 50.1 Å². The van der Waals surface area contributed by atoms with E-state index >= 15 is 13.6 Å². The van der Waals surface area contributed by atoms with E-state index in [2.05, 4.69) is 30.2 Å². The zero-order chi connectivity index (χ0) is 46.4. The van der Waals surface area contributed by atoms with Gasteiger partial charge in [-0.2, -0.15) is 19.0 Å². The van der Waals surface area contributed by atoms with Crippen LogP contribution in [0.5, 0.6) is 0 Å². The van der Waals surface area contributed by atoms with E-state index in [4.69, 9.17) is 16.6 Å². The molecule has 2 N–H and O–H groups in total. The molecule has 338 valence electrons. The predicted molar refractivity (Wildman–Crippen MR) is 219 cm³/mol. The first-order chi connectivity index (χ1) is 30.7. The molecule has 1 amide bonds. The van der Waals surface area contributed by atoms with Crippen molar-refractivity contribution in [3.05, 3.63) is 122 Å². The molecule has 0 radical (unpaired) electrons. The molecule has 3 atom stereocenters. The molecule has 7 aromatic rings. The first-order valence-electron chi connectivity index (χ1n) is 19.5. The van der Waals surface area contributed by atoms with E-state index in [0.29, 0.717) is 32.5 Å².